The van der Waals surface area contributed by atoms with E-state index in [4.69, 9.17) is 0 Å². The summed E-state index contributed by atoms with van der Waals surface area (Å²) in [7, 11) is 1.88. The maximum atomic E-state index is 13.1. The monoisotopic (exact) mass is 345 g/mol. The summed E-state index contributed by atoms with van der Waals surface area (Å²) in [6.45, 7) is 5.94. The van der Waals surface area contributed by atoms with Crippen molar-refractivity contribution in [3.8, 4) is 10.6 Å². The molecule has 0 spiro atoms. The van der Waals surface area contributed by atoms with Crippen LogP contribution in [0.4, 0.5) is 0 Å². The lowest BCUT2D eigenvalue weighted by atomic mass is 10.2. The normalized spacial score (nSPS) is 22.2. The number of likely N-dealkylation sites (tertiary alicyclic amines) is 1. The van der Waals surface area contributed by atoms with E-state index in [-0.39, 0.29) is 5.91 Å². The van der Waals surface area contributed by atoms with E-state index in [1.165, 1.54) is 0 Å². The highest BCUT2D eigenvalue weighted by molar-refractivity contribution is 7.13. The van der Waals surface area contributed by atoms with Crippen molar-refractivity contribution in [2.75, 3.05) is 39.3 Å². The Morgan fingerprint density at radius 2 is 2.17 bits per heavy atom. The topological polar surface area (TPSA) is 53.4 Å². The molecule has 2 aromatic rings. The zero-order valence-electron chi connectivity index (χ0n) is 13.9. The van der Waals surface area contributed by atoms with Gasteiger partial charge >= 0.3 is 0 Å². The van der Waals surface area contributed by atoms with Crippen LogP contribution in [-0.2, 0) is 7.05 Å². The first-order valence-electron chi connectivity index (χ1n) is 8.54. The van der Waals surface area contributed by atoms with E-state index in [0.717, 1.165) is 61.8 Å². The number of nitrogens with zero attached hydrogens (tertiary/aromatic N) is 4. The summed E-state index contributed by atoms with van der Waals surface area (Å²) in [4.78, 5) is 18.6. The van der Waals surface area contributed by atoms with Gasteiger partial charge in [-0.1, -0.05) is 6.07 Å². The number of rotatable bonds is 3. The summed E-state index contributed by atoms with van der Waals surface area (Å²) in [5.41, 5.74) is 1.53. The summed E-state index contributed by atoms with van der Waals surface area (Å²) in [5.74, 6) is 0.115. The Balaban J connectivity index is 1.51. The molecule has 2 saturated heterocycles. The Hall–Kier alpha value is -1.70. The first-order valence-corrected chi connectivity index (χ1v) is 9.42. The Kier molecular flexibility index (Phi) is 4.39. The van der Waals surface area contributed by atoms with Gasteiger partial charge in [0.1, 0.15) is 5.69 Å². The molecule has 2 fully saturated rings. The highest BCUT2D eigenvalue weighted by Gasteiger charge is 2.33. The zero-order chi connectivity index (χ0) is 16.5. The quantitative estimate of drug-likeness (QED) is 0.910. The van der Waals surface area contributed by atoms with E-state index in [9.17, 15) is 4.79 Å². The average molecular weight is 345 g/mol. The van der Waals surface area contributed by atoms with Crippen molar-refractivity contribution in [3.63, 3.8) is 0 Å². The average Bonchev–Trinajstić information content (AvgIpc) is 3.35. The van der Waals surface area contributed by atoms with Gasteiger partial charge in [-0.05, 0) is 17.9 Å². The molecule has 0 aliphatic carbocycles. The summed E-state index contributed by atoms with van der Waals surface area (Å²) in [6.07, 6.45) is 2.93. The van der Waals surface area contributed by atoms with Crippen LogP contribution in [0.2, 0.25) is 0 Å². The second-order valence-corrected chi connectivity index (χ2v) is 7.47. The van der Waals surface area contributed by atoms with Gasteiger partial charge in [-0.15, -0.1) is 11.3 Å². The first-order chi connectivity index (χ1) is 11.7. The number of aromatic nitrogens is 2. The number of nitrogens with one attached hydrogen (secondary N) is 1. The molecule has 2 aliphatic heterocycles. The van der Waals surface area contributed by atoms with Crippen LogP contribution in [0.5, 0.6) is 0 Å². The number of hydrogen-bond acceptors (Lipinski definition) is 5. The minimum absolute atomic E-state index is 0.115. The molecule has 1 N–H and O–H groups in total. The SMILES string of the molecule is Cn1cc(C(=O)N2CCC(N3CCNCC3)C2)c(-c2cccs2)n1. The molecule has 2 aromatic heterocycles. The summed E-state index contributed by atoms with van der Waals surface area (Å²) in [5, 5.41) is 9.93. The molecule has 7 heteroatoms. The molecule has 24 heavy (non-hydrogen) atoms. The van der Waals surface area contributed by atoms with Crippen molar-refractivity contribution in [2.24, 2.45) is 7.05 Å². The van der Waals surface area contributed by atoms with Gasteiger partial charge in [-0.2, -0.15) is 5.10 Å². The molecule has 0 radical (unpaired) electrons. The third kappa shape index (κ3) is 2.99. The Bertz CT molecular complexity index is 705. The molecule has 1 amide bonds. The van der Waals surface area contributed by atoms with Gasteiger partial charge in [0, 0.05) is 58.6 Å². The van der Waals surface area contributed by atoms with E-state index >= 15 is 0 Å². The van der Waals surface area contributed by atoms with Crippen LogP contribution in [0.3, 0.4) is 0 Å². The van der Waals surface area contributed by atoms with E-state index in [2.05, 4.69) is 15.3 Å². The molecular weight excluding hydrogens is 322 g/mol. The molecule has 1 unspecified atom stereocenters. The molecule has 1 atom stereocenters. The van der Waals surface area contributed by atoms with Crippen molar-refractivity contribution in [2.45, 2.75) is 12.5 Å². The van der Waals surface area contributed by atoms with Gasteiger partial charge < -0.3 is 10.2 Å². The first kappa shape index (κ1) is 15.8. The number of carbonyl (C=O) groups excluding carboxylic acids is 1. The maximum Gasteiger partial charge on any atom is 0.257 e. The zero-order valence-corrected chi connectivity index (χ0v) is 14.8. The fourth-order valence-electron chi connectivity index (χ4n) is 3.68. The molecule has 0 bridgehead atoms. The Morgan fingerprint density at radius 3 is 2.92 bits per heavy atom. The lowest BCUT2D eigenvalue weighted by molar-refractivity contribution is 0.0774. The highest BCUT2D eigenvalue weighted by atomic mass is 32.1. The smallest absolute Gasteiger partial charge is 0.257 e. The lowest BCUT2D eigenvalue weighted by Crippen LogP contribution is -2.49. The largest absolute Gasteiger partial charge is 0.337 e. The summed E-state index contributed by atoms with van der Waals surface area (Å²) in [6, 6.07) is 4.52. The van der Waals surface area contributed by atoms with Crippen LogP contribution in [0.25, 0.3) is 10.6 Å². The Morgan fingerprint density at radius 1 is 1.33 bits per heavy atom. The number of carbonyl (C=O) groups is 1. The van der Waals surface area contributed by atoms with Crippen molar-refractivity contribution in [3.05, 3.63) is 29.3 Å². The van der Waals surface area contributed by atoms with Gasteiger partial charge in [0.2, 0.25) is 0 Å². The molecular formula is C17H23N5OS. The lowest BCUT2D eigenvalue weighted by Gasteiger charge is -2.32. The number of piperazine rings is 1. The van der Waals surface area contributed by atoms with Gasteiger partial charge in [-0.3, -0.25) is 14.4 Å². The highest BCUT2D eigenvalue weighted by Crippen LogP contribution is 2.28. The van der Waals surface area contributed by atoms with Gasteiger partial charge in [0.25, 0.3) is 5.91 Å². The predicted molar refractivity (Wildman–Crippen MR) is 95.3 cm³/mol. The van der Waals surface area contributed by atoms with Crippen molar-refractivity contribution < 1.29 is 4.79 Å². The fraction of sp³-hybridized carbons (Fsp3) is 0.529. The standard InChI is InChI=1S/C17H23N5OS/c1-20-12-14(16(19-20)15-3-2-10-24-15)17(23)22-7-4-13(11-22)21-8-5-18-6-9-21/h2-3,10,12-13,18H,4-9,11H2,1H3. The summed E-state index contributed by atoms with van der Waals surface area (Å²) < 4.78 is 1.74. The third-order valence-corrected chi connectivity index (χ3v) is 5.81. The second-order valence-electron chi connectivity index (χ2n) is 6.52. The van der Waals surface area contributed by atoms with Crippen LogP contribution in [-0.4, -0.2) is 70.8 Å². The van der Waals surface area contributed by atoms with E-state index in [0.29, 0.717) is 6.04 Å². The van der Waals surface area contributed by atoms with Crippen LogP contribution in [0, 0.1) is 0 Å². The Labute approximate surface area is 146 Å². The van der Waals surface area contributed by atoms with Gasteiger partial charge in [0.05, 0.1) is 10.4 Å². The van der Waals surface area contributed by atoms with Crippen LogP contribution >= 0.6 is 11.3 Å². The minimum atomic E-state index is 0.115. The van der Waals surface area contributed by atoms with Crippen LogP contribution in [0.15, 0.2) is 23.7 Å². The molecule has 6 nitrogen and oxygen atoms in total. The molecule has 4 rings (SSSR count). The number of thiophene rings is 1. The predicted octanol–water partition coefficient (Wildman–Crippen LogP) is 1.27. The number of hydrogen-bond donors (Lipinski definition) is 1. The van der Waals surface area contributed by atoms with Crippen molar-refractivity contribution in [1.29, 1.82) is 0 Å². The minimum Gasteiger partial charge on any atom is -0.337 e. The second kappa shape index (κ2) is 6.66. The van der Waals surface area contributed by atoms with Gasteiger partial charge in [-0.25, -0.2) is 0 Å². The molecule has 0 aromatic carbocycles. The van der Waals surface area contributed by atoms with Crippen LogP contribution < -0.4 is 5.32 Å². The van der Waals surface area contributed by atoms with Crippen molar-refractivity contribution >= 4 is 17.2 Å². The maximum absolute atomic E-state index is 13.1. The molecule has 4 heterocycles. The van der Waals surface area contributed by atoms with Crippen molar-refractivity contribution in [1.82, 2.24) is 24.9 Å². The molecule has 2 aliphatic rings. The van der Waals surface area contributed by atoms with E-state index in [1.807, 2.05) is 35.7 Å². The van der Waals surface area contributed by atoms with Crippen LogP contribution in [0.1, 0.15) is 16.8 Å². The van der Waals surface area contributed by atoms with Gasteiger partial charge in [0.15, 0.2) is 0 Å². The summed E-state index contributed by atoms with van der Waals surface area (Å²) >= 11 is 1.62. The molecule has 0 saturated carbocycles. The number of amides is 1. The fourth-order valence-corrected chi connectivity index (χ4v) is 4.41. The van der Waals surface area contributed by atoms with E-state index < -0.39 is 0 Å². The number of aryl methyl sites for hydroxylation is 1. The third-order valence-electron chi connectivity index (χ3n) is 4.93. The van der Waals surface area contributed by atoms with E-state index in [1.54, 1.807) is 16.0 Å². The molecule has 128 valence electrons.